The van der Waals surface area contributed by atoms with Gasteiger partial charge >= 0.3 is 0 Å². The van der Waals surface area contributed by atoms with E-state index in [1.807, 2.05) is 0 Å². The Bertz CT molecular complexity index is 626. The molecule has 2 N–H and O–H groups in total. The van der Waals surface area contributed by atoms with E-state index in [1.54, 1.807) is 6.42 Å². The van der Waals surface area contributed by atoms with Crippen molar-refractivity contribution in [3.8, 4) is 0 Å². The van der Waals surface area contributed by atoms with E-state index in [0.717, 1.165) is 48.0 Å². The minimum atomic E-state index is 0.585. The van der Waals surface area contributed by atoms with Crippen LogP contribution in [0.3, 0.4) is 0 Å². The lowest BCUT2D eigenvalue weighted by Gasteiger charge is -2.65. The molecule has 1 nitrogen and oxygen atoms in total. The Morgan fingerprint density at radius 2 is 1.59 bits per heavy atom. The number of hydrogen-bond acceptors (Lipinski definition) is 1. The van der Waals surface area contributed by atoms with E-state index in [2.05, 4.69) is 41.5 Å². The van der Waals surface area contributed by atoms with Crippen molar-refractivity contribution < 1.29 is 0 Å². The van der Waals surface area contributed by atoms with Gasteiger partial charge in [0.05, 0.1) is 0 Å². The first-order valence-corrected chi connectivity index (χ1v) is 14.8. The van der Waals surface area contributed by atoms with Crippen molar-refractivity contribution >= 4 is 0 Å². The van der Waals surface area contributed by atoms with Crippen molar-refractivity contribution in [2.45, 2.75) is 131 Å². The topological polar surface area (TPSA) is 26.0 Å². The summed E-state index contributed by atoms with van der Waals surface area (Å²) in [5.74, 6) is 6.80. The second kappa shape index (κ2) is 9.54. The third-order valence-electron chi connectivity index (χ3n) is 12.5. The molecule has 0 radical (unpaired) electrons. The molecule has 9 atom stereocenters. The monoisotopic (exact) mass is 443 g/mol. The fraction of sp³-hybridized carbons (Fsp3) is 1.00. The number of fused-ring (bicyclic) bond motifs is 5. The molecule has 4 rings (SSSR count). The molecule has 0 bridgehead atoms. The summed E-state index contributed by atoms with van der Waals surface area (Å²) in [5, 5.41) is 0. The molecule has 0 saturated heterocycles. The molecule has 4 saturated carbocycles. The smallest absolute Gasteiger partial charge is 0.00772 e. The van der Waals surface area contributed by atoms with E-state index < -0.39 is 0 Å². The standard InChI is InChI=1S/C31H57N/c1-22(2)9-7-10-23(3)26-12-13-27-25-15-17-29(4)21-24(11-8-20-32)14-19-31(29,6)28(25)16-18-30(26,27)5/h22-28H,7-21,32H2,1-6H3/t23-,24-,25?,26+,27?,28?,29?,30+,31+/m0/s1. The molecular weight excluding hydrogens is 386 g/mol. The molecule has 0 spiro atoms. The second-order valence-electron chi connectivity index (χ2n) is 14.5. The minimum Gasteiger partial charge on any atom is -0.330 e. The highest BCUT2D eigenvalue weighted by molar-refractivity contribution is 5.12. The minimum absolute atomic E-state index is 0.585. The number of rotatable bonds is 8. The van der Waals surface area contributed by atoms with Crippen molar-refractivity contribution in [3.63, 3.8) is 0 Å². The lowest BCUT2D eigenvalue weighted by atomic mass is 9.39. The average Bonchev–Trinajstić information content (AvgIpc) is 3.09. The Morgan fingerprint density at radius 3 is 2.31 bits per heavy atom. The molecule has 4 aliphatic carbocycles. The van der Waals surface area contributed by atoms with Crippen LogP contribution in [0.1, 0.15) is 131 Å². The van der Waals surface area contributed by atoms with E-state index in [4.69, 9.17) is 5.73 Å². The molecular formula is C31H57N. The Morgan fingerprint density at radius 1 is 0.812 bits per heavy atom. The lowest BCUT2D eigenvalue weighted by molar-refractivity contribution is -0.163. The lowest BCUT2D eigenvalue weighted by Crippen LogP contribution is -2.57. The third kappa shape index (κ3) is 4.24. The van der Waals surface area contributed by atoms with Gasteiger partial charge in [0.1, 0.15) is 0 Å². The molecule has 4 aliphatic rings. The maximum absolute atomic E-state index is 5.86. The zero-order valence-electron chi connectivity index (χ0n) is 22.7. The van der Waals surface area contributed by atoms with Gasteiger partial charge in [-0.15, -0.1) is 0 Å². The first kappa shape index (κ1) is 25.1. The molecule has 4 unspecified atom stereocenters. The van der Waals surface area contributed by atoms with Gasteiger partial charge in [0, 0.05) is 0 Å². The quantitative estimate of drug-likeness (QED) is 0.398. The molecule has 0 amide bonds. The molecule has 32 heavy (non-hydrogen) atoms. The van der Waals surface area contributed by atoms with Gasteiger partial charge in [0.2, 0.25) is 0 Å². The SMILES string of the molecule is CC(C)CCC[C@H](C)[C@H]1CCC2C3CCC4(C)C[C@@H](CCCN)CC[C@]4(C)C3CC[C@@]21C. The molecule has 0 aromatic rings. The van der Waals surface area contributed by atoms with Crippen molar-refractivity contribution in [1.82, 2.24) is 0 Å². The molecule has 0 aliphatic heterocycles. The van der Waals surface area contributed by atoms with Crippen LogP contribution in [0.5, 0.6) is 0 Å². The van der Waals surface area contributed by atoms with Crippen LogP contribution in [-0.2, 0) is 0 Å². The van der Waals surface area contributed by atoms with Crippen LogP contribution < -0.4 is 5.73 Å². The molecule has 0 heterocycles. The predicted molar refractivity (Wildman–Crippen MR) is 139 cm³/mol. The fourth-order valence-corrected chi connectivity index (χ4v) is 10.4. The third-order valence-corrected chi connectivity index (χ3v) is 12.5. The highest BCUT2D eigenvalue weighted by Crippen LogP contribution is 2.71. The number of nitrogens with two attached hydrogens (primary N) is 1. The summed E-state index contributed by atoms with van der Waals surface area (Å²) >= 11 is 0. The van der Waals surface area contributed by atoms with Crippen LogP contribution in [0.4, 0.5) is 0 Å². The van der Waals surface area contributed by atoms with Gasteiger partial charge in [-0.25, -0.2) is 0 Å². The molecule has 0 aromatic carbocycles. The Hall–Kier alpha value is -0.0400. The molecule has 4 fully saturated rings. The van der Waals surface area contributed by atoms with E-state index in [1.165, 1.54) is 83.5 Å². The first-order valence-electron chi connectivity index (χ1n) is 14.8. The van der Waals surface area contributed by atoms with Gasteiger partial charge in [0.15, 0.2) is 0 Å². The van der Waals surface area contributed by atoms with E-state index >= 15 is 0 Å². The normalized spacial score (nSPS) is 47.1. The van der Waals surface area contributed by atoms with Crippen LogP contribution >= 0.6 is 0 Å². The van der Waals surface area contributed by atoms with Crippen molar-refractivity contribution in [2.75, 3.05) is 6.54 Å². The van der Waals surface area contributed by atoms with Crippen LogP contribution in [0.25, 0.3) is 0 Å². The van der Waals surface area contributed by atoms with Gasteiger partial charge in [-0.2, -0.15) is 0 Å². The maximum Gasteiger partial charge on any atom is -0.00772 e. The summed E-state index contributed by atoms with van der Waals surface area (Å²) in [6, 6.07) is 0. The molecule has 1 heteroatoms. The summed E-state index contributed by atoms with van der Waals surface area (Å²) in [6.45, 7) is 16.5. The van der Waals surface area contributed by atoms with Crippen molar-refractivity contribution in [1.29, 1.82) is 0 Å². The van der Waals surface area contributed by atoms with E-state index in [-0.39, 0.29) is 0 Å². The van der Waals surface area contributed by atoms with Gasteiger partial charge in [0.25, 0.3) is 0 Å². The average molecular weight is 444 g/mol. The van der Waals surface area contributed by atoms with Crippen LogP contribution in [0, 0.1) is 57.7 Å². The highest BCUT2D eigenvalue weighted by atomic mass is 14.7. The van der Waals surface area contributed by atoms with Gasteiger partial charge < -0.3 is 5.73 Å². The molecule has 186 valence electrons. The Kier molecular flexibility index (Phi) is 7.48. The van der Waals surface area contributed by atoms with Gasteiger partial charge in [-0.3, -0.25) is 0 Å². The van der Waals surface area contributed by atoms with Crippen molar-refractivity contribution in [3.05, 3.63) is 0 Å². The Labute approximate surface area is 201 Å². The highest BCUT2D eigenvalue weighted by Gasteiger charge is 2.63. The van der Waals surface area contributed by atoms with Crippen molar-refractivity contribution in [2.24, 2.45) is 63.4 Å². The Balaban J connectivity index is 1.45. The zero-order valence-corrected chi connectivity index (χ0v) is 22.7. The number of hydrogen-bond donors (Lipinski definition) is 1. The first-order chi connectivity index (χ1) is 15.1. The predicted octanol–water partition coefficient (Wildman–Crippen LogP) is 8.85. The summed E-state index contributed by atoms with van der Waals surface area (Å²) in [6.07, 6.45) is 20.6. The van der Waals surface area contributed by atoms with Crippen LogP contribution in [-0.4, -0.2) is 6.54 Å². The largest absolute Gasteiger partial charge is 0.330 e. The summed E-state index contributed by atoms with van der Waals surface area (Å²) in [4.78, 5) is 0. The van der Waals surface area contributed by atoms with E-state index in [9.17, 15) is 0 Å². The molecule has 0 aromatic heterocycles. The maximum atomic E-state index is 5.86. The van der Waals surface area contributed by atoms with E-state index in [0.29, 0.717) is 16.2 Å². The van der Waals surface area contributed by atoms with Crippen LogP contribution in [0.2, 0.25) is 0 Å². The zero-order chi connectivity index (χ0) is 23.1. The van der Waals surface area contributed by atoms with Gasteiger partial charge in [-0.05, 0) is 135 Å². The summed E-state index contributed by atoms with van der Waals surface area (Å²) in [7, 11) is 0. The second-order valence-corrected chi connectivity index (χ2v) is 14.5. The van der Waals surface area contributed by atoms with Crippen LogP contribution in [0.15, 0.2) is 0 Å². The summed E-state index contributed by atoms with van der Waals surface area (Å²) in [5.41, 5.74) is 7.68. The summed E-state index contributed by atoms with van der Waals surface area (Å²) < 4.78 is 0. The fourth-order valence-electron chi connectivity index (χ4n) is 10.4. The van der Waals surface area contributed by atoms with Gasteiger partial charge in [-0.1, -0.05) is 60.8 Å².